The molecule has 7 nitrogen and oxygen atoms in total. The minimum Gasteiger partial charge on any atom is -0.372 e. The number of ether oxygens (including phenoxy) is 1. The average Bonchev–Trinajstić information content (AvgIpc) is 3.15. The summed E-state index contributed by atoms with van der Waals surface area (Å²) in [6.07, 6.45) is 9.11. The van der Waals surface area contributed by atoms with Crippen molar-refractivity contribution in [3.05, 3.63) is 28.5 Å². The van der Waals surface area contributed by atoms with Crippen LogP contribution in [-0.2, 0) is 24.6 Å². The number of hydrogen-bond donors (Lipinski definition) is 2. The number of carbonyl (C=O) groups is 1. The Morgan fingerprint density at radius 3 is 3.08 bits per heavy atom. The molecule has 4 rings (SSSR count). The van der Waals surface area contributed by atoms with Gasteiger partial charge in [-0.1, -0.05) is 6.42 Å². The van der Waals surface area contributed by atoms with Crippen LogP contribution in [0.2, 0.25) is 0 Å². The summed E-state index contributed by atoms with van der Waals surface area (Å²) in [6.45, 7) is 0.631. The van der Waals surface area contributed by atoms with Crippen LogP contribution in [0.4, 0.5) is 9.93 Å². The second kappa shape index (κ2) is 7.75. The molecule has 0 spiro atoms. The zero-order valence-electron chi connectivity index (χ0n) is 15.0. The van der Waals surface area contributed by atoms with Crippen LogP contribution in [0.25, 0.3) is 0 Å². The minimum absolute atomic E-state index is 0.0301. The van der Waals surface area contributed by atoms with E-state index in [2.05, 4.69) is 20.7 Å². The van der Waals surface area contributed by atoms with Gasteiger partial charge in [0.15, 0.2) is 5.13 Å². The Morgan fingerprint density at radius 1 is 1.35 bits per heavy atom. The number of amides is 2. The maximum atomic E-state index is 12.4. The van der Waals surface area contributed by atoms with Crippen LogP contribution in [0, 0.1) is 0 Å². The molecule has 2 aromatic heterocycles. The van der Waals surface area contributed by atoms with Gasteiger partial charge in [-0.2, -0.15) is 5.10 Å². The third kappa shape index (κ3) is 3.91. The predicted molar refractivity (Wildman–Crippen MR) is 100 cm³/mol. The number of urea groups is 1. The van der Waals surface area contributed by atoms with Gasteiger partial charge in [-0.15, -0.1) is 11.3 Å². The Morgan fingerprint density at radius 2 is 2.23 bits per heavy atom. The van der Waals surface area contributed by atoms with Gasteiger partial charge in [0.25, 0.3) is 0 Å². The molecule has 1 aliphatic heterocycles. The Kier molecular flexibility index (Phi) is 5.21. The standard InChI is InChI=1S/C18H25N5O2S/c1-23-14(7-9-19-23)15-11-12(8-10-25-15)20-17(24)22-18-21-13-5-3-2-4-6-16(13)26-18/h7,9,12,15H,2-6,8,10-11H2,1H3,(H2,20,21,22,24). The first kappa shape index (κ1) is 17.5. The number of hydrogen-bond acceptors (Lipinski definition) is 5. The fourth-order valence-corrected chi connectivity index (χ4v) is 4.78. The van der Waals surface area contributed by atoms with E-state index >= 15 is 0 Å². The summed E-state index contributed by atoms with van der Waals surface area (Å²) < 4.78 is 7.69. The van der Waals surface area contributed by atoms with Crippen molar-refractivity contribution in [2.75, 3.05) is 11.9 Å². The van der Waals surface area contributed by atoms with Crippen molar-refractivity contribution in [2.24, 2.45) is 7.05 Å². The minimum atomic E-state index is -0.176. The van der Waals surface area contributed by atoms with Crippen LogP contribution in [0.3, 0.4) is 0 Å². The molecule has 0 radical (unpaired) electrons. The number of nitrogens with zero attached hydrogens (tertiary/aromatic N) is 3. The van der Waals surface area contributed by atoms with Crippen molar-refractivity contribution in [1.82, 2.24) is 20.1 Å². The van der Waals surface area contributed by atoms with Crippen molar-refractivity contribution < 1.29 is 9.53 Å². The molecule has 1 aliphatic carbocycles. The van der Waals surface area contributed by atoms with Crippen molar-refractivity contribution >= 4 is 22.5 Å². The molecule has 1 saturated heterocycles. The number of carbonyl (C=O) groups excluding carboxylic acids is 1. The van der Waals surface area contributed by atoms with Gasteiger partial charge in [-0.05, 0) is 44.6 Å². The topological polar surface area (TPSA) is 81.1 Å². The summed E-state index contributed by atoms with van der Waals surface area (Å²) >= 11 is 1.62. The first-order chi connectivity index (χ1) is 12.7. The molecule has 2 N–H and O–H groups in total. The normalized spacial score (nSPS) is 23.1. The van der Waals surface area contributed by atoms with Gasteiger partial charge >= 0.3 is 6.03 Å². The zero-order chi connectivity index (χ0) is 17.9. The Labute approximate surface area is 157 Å². The Bertz CT molecular complexity index is 748. The fraction of sp³-hybridized carbons (Fsp3) is 0.611. The van der Waals surface area contributed by atoms with E-state index < -0.39 is 0 Å². The van der Waals surface area contributed by atoms with Gasteiger partial charge in [0.1, 0.15) is 6.10 Å². The maximum absolute atomic E-state index is 12.4. The summed E-state index contributed by atoms with van der Waals surface area (Å²) in [6, 6.07) is 1.88. The van der Waals surface area contributed by atoms with E-state index in [0.717, 1.165) is 31.4 Å². The highest BCUT2D eigenvalue weighted by Crippen LogP contribution is 2.30. The van der Waals surface area contributed by atoms with Gasteiger partial charge in [0, 0.05) is 30.8 Å². The summed E-state index contributed by atoms with van der Waals surface area (Å²) in [7, 11) is 1.91. The number of aromatic nitrogens is 3. The molecule has 2 amide bonds. The van der Waals surface area contributed by atoms with E-state index in [-0.39, 0.29) is 18.2 Å². The van der Waals surface area contributed by atoms with Crippen molar-refractivity contribution in [2.45, 2.75) is 57.1 Å². The molecule has 0 saturated carbocycles. The van der Waals surface area contributed by atoms with Crippen molar-refractivity contribution in [3.8, 4) is 0 Å². The highest BCUT2D eigenvalue weighted by Gasteiger charge is 2.27. The number of nitrogens with one attached hydrogen (secondary N) is 2. The molecular weight excluding hydrogens is 350 g/mol. The molecule has 0 aromatic carbocycles. The first-order valence-electron chi connectivity index (χ1n) is 9.34. The summed E-state index contributed by atoms with van der Waals surface area (Å²) in [5.74, 6) is 0. The highest BCUT2D eigenvalue weighted by atomic mass is 32.1. The summed E-state index contributed by atoms with van der Waals surface area (Å²) in [5, 5.41) is 10.9. The highest BCUT2D eigenvalue weighted by molar-refractivity contribution is 7.15. The van der Waals surface area contributed by atoms with Gasteiger partial charge < -0.3 is 10.1 Å². The predicted octanol–water partition coefficient (Wildman–Crippen LogP) is 3.19. The largest absolute Gasteiger partial charge is 0.372 e. The molecular formula is C18H25N5O2S. The van der Waals surface area contributed by atoms with Crippen LogP contribution in [0.15, 0.2) is 12.3 Å². The molecule has 2 aromatic rings. The molecule has 2 atom stereocenters. The van der Waals surface area contributed by atoms with Crippen LogP contribution in [-0.4, -0.2) is 33.4 Å². The third-order valence-electron chi connectivity index (χ3n) is 5.12. The lowest BCUT2D eigenvalue weighted by Gasteiger charge is -2.30. The third-order valence-corrected chi connectivity index (χ3v) is 6.20. The first-order valence-corrected chi connectivity index (χ1v) is 10.2. The number of fused-ring (bicyclic) bond motifs is 1. The van der Waals surface area contributed by atoms with E-state index in [0.29, 0.717) is 11.7 Å². The smallest absolute Gasteiger partial charge is 0.321 e. The molecule has 0 bridgehead atoms. The van der Waals surface area contributed by atoms with E-state index in [4.69, 9.17) is 4.74 Å². The Hall–Kier alpha value is -1.93. The second-order valence-electron chi connectivity index (χ2n) is 7.01. The van der Waals surface area contributed by atoms with E-state index in [1.54, 1.807) is 17.5 Å². The lowest BCUT2D eigenvalue weighted by molar-refractivity contribution is -0.00204. The number of aryl methyl sites for hydroxylation is 3. The molecule has 140 valence electrons. The summed E-state index contributed by atoms with van der Waals surface area (Å²) in [5.41, 5.74) is 2.21. The SMILES string of the molecule is Cn1nccc1C1CC(NC(=O)Nc2nc3c(s2)CCCCC3)CCO1. The molecule has 26 heavy (non-hydrogen) atoms. The quantitative estimate of drug-likeness (QED) is 0.808. The van der Waals surface area contributed by atoms with E-state index in [1.165, 1.54) is 29.8 Å². The molecule has 2 aliphatic rings. The van der Waals surface area contributed by atoms with E-state index in [9.17, 15) is 4.79 Å². The summed E-state index contributed by atoms with van der Waals surface area (Å²) in [4.78, 5) is 18.4. The van der Waals surface area contributed by atoms with Crippen LogP contribution < -0.4 is 10.6 Å². The zero-order valence-corrected chi connectivity index (χ0v) is 15.8. The molecule has 1 fully saturated rings. The average molecular weight is 375 g/mol. The number of rotatable bonds is 3. The molecule has 2 unspecified atom stereocenters. The monoisotopic (exact) mass is 375 g/mol. The fourth-order valence-electron chi connectivity index (χ4n) is 3.73. The number of thiazole rings is 1. The van der Waals surface area contributed by atoms with Crippen LogP contribution in [0.5, 0.6) is 0 Å². The van der Waals surface area contributed by atoms with Gasteiger partial charge in [-0.25, -0.2) is 9.78 Å². The van der Waals surface area contributed by atoms with Crippen molar-refractivity contribution in [3.63, 3.8) is 0 Å². The van der Waals surface area contributed by atoms with Crippen LogP contribution in [0.1, 0.15) is 54.5 Å². The van der Waals surface area contributed by atoms with Crippen molar-refractivity contribution in [1.29, 1.82) is 0 Å². The second-order valence-corrected chi connectivity index (χ2v) is 8.09. The Balaban J connectivity index is 1.34. The maximum Gasteiger partial charge on any atom is 0.321 e. The van der Waals surface area contributed by atoms with Gasteiger partial charge in [0.2, 0.25) is 0 Å². The molecule has 8 heteroatoms. The number of anilines is 1. The van der Waals surface area contributed by atoms with E-state index in [1.807, 2.05) is 17.8 Å². The van der Waals surface area contributed by atoms with Crippen LogP contribution >= 0.6 is 11.3 Å². The van der Waals surface area contributed by atoms with Gasteiger partial charge in [0.05, 0.1) is 11.4 Å². The van der Waals surface area contributed by atoms with Gasteiger partial charge in [-0.3, -0.25) is 10.00 Å². The molecule has 3 heterocycles. The lowest BCUT2D eigenvalue weighted by Crippen LogP contribution is -2.42. The lowest BCUT2D eigenvalue weighted by atomic mass is 10.0.